The zero-order chi connectivity index (χ0) is 26.8. The summed E-state index contributed by atoms with van der Waals surface area (Å²) in [6.45, 7) is 11.8. The summed E-state index contributed by atoms with van der Waals surface area (Å²) >= 11 is 0. The second-order valence-electron chi connectivity index (χ2n) is 10.2. The highest BCUT2D eigenvalue weighted by molar-refractivity contribution is 5.90. The normalized spacial score (nSPS) is 15.3. The maximum absolute atomic E-state index is 12.2. The summed E-state index contributed by atoms with van der Waals surface area (Å²) in [4.78, 5) is 28.6. The van der Waals surface area contributed by atoms with Gasteiger partial charge in [-0.3, -0.25) is 15.2 Å². The van der Waals surface area contributed by atoms with Gasteiger partial charge in [0, 0.05) is 23.5 Å². The van der Waals surface area contributed by atoms with Crippen molar-refractivity contribution >= 4 is 11.9 Å². The summed E-state index contributed by atoms with van der Waals surface area (Å²) in [7, 11) is 0. The highest BCUT2D eigenvalue weighted by atomic mass is 16.5. The van der Waals surface area contributed by atoms with E-state index in [0.29, 0.717) is 12.5 Å². The summed E-state index contributed by atoms with van der Waals surface area (Å²) in [5.41, 5.74) is 20.2. The van der Waals surface area contributed by atoms with Gasteiger partial charge in [0.1, 0.15) is 12.2 Å². The molecule has 1 aromatic heterocycles. The number of carboxylic acids is 1. The van der Waals surface area contributed by atoms with Crippen LogP contribution >= 0.6 is 0 Å². The average Bonchev–Trinajstić information content (AvgIpc) is 3.01. The minimum atomic E-state index is -1.14. The first-order chi connectivity index (χ1) is 16.9. The number of nitrogens with one attached hydrogen (secondary N) is 1. The van der Waals surface area contributed by atoms with Crippen LogP contribution in [0.4, 0.5) is 0 Å². The number of aryl methyl sites for hydroxylation is 2. The van der Waals surface area contributed by atoms with Crippen molar-refractivity contribution in [1.29, 1.82) is 0 Å². The van der Waals surface area contributed by atoms with E-state index in [1.807, 2.05) is 26.0 Å². The zero-order valence-corrected chi connectivity index (χ0v) is 21.9. The number of nitrogens with two attached hydrogens (primary N) is 2. The van der Waals surface area contributed by atoms with Gasteiger partial charge < -0.3 is 21.3 Å². The lowest BCUT2D eigenvalue weighted by Crippen LogP contribution is -2.51. The fourth-order valence-corrected chi connectivity index (χ4v) is 4.60. The van der Waals surface area contributed by atoms with Gasteiger partial charge in [-0.1, -0.05) is 43.7 Å². The quantitative estimate of drug-likeness (QED) is 0.394. The summed E-state index contributed by atoms with van der Waals surface area (Å²) < 4.78 is 6.11. The van der Waals surface area contributed by atoms with Gasteiger partial charge in [0.2, 0.25) is 11.8 Å². The van der Waals surface area contributed by atoms with Crippen LogP contribution in [0.5, 0.6) is 0 Å². The Labute approximate surface area is 212 Å². The Morgan fingerprint density at radius 2 is 1.81 bits per heavy atom. The van der Waals surface area contributed by atoms with Crippen LogP contribution in [-0.4, -0.2) is 39.1 Å². The van der Waals surface area contributed by atoms with Crippen molar-refractivity contribution in [3.05, 3.63) is 63.8 Å². The molecule has 6 N–H and O–H groups in total. The highest BCUT2D eigenvalue weighted by Gasteiger charge is 2.45. The predicted molar refractivity (Wildman–Crippen MR) is 138 cm³/mol. The molecule has 194 valence electrons. The molecular weight excluding hydrogens is 458 g/mol. The van der Waals surface area contributed by atoms with E-state index in [0.717, 1.165) is 45.6 Å². The van der Waals surface area contributed by atoms with Crippen LogP contribution in [0.3, 0.4) is 0 Å². The SMILES string of the molecule is Cc1ccc(-c2c(COC3=C(C(=O)O)C(C)(C)N(CC(N)=O)N3)c(C)nc(CC(C)C)c2CN)cc1. The van der Waals surface area contributed by atoms with Gasteiger partial charge >= 0.3 is 5.97 Å². The molecule has 0 saturated carbocycles. The Morgan fingerprint density at radius 3 is 2.33 bits per heavy atom. The number of aliphatic carboxylic acids is 1. The molecule has 0 spiro atoms. The van der Waals surface area contributed by atoms with Crippen molar-refractivity contribution in [2.24, 2.45) is 17.4 Å². The number of amides is 1. The minimum absolute atomic E-state index is 0.0155. The Morgan fingerprint density at radius 1 is 1.17 bits per heavy atom. The molecule has 1 aliphatic rings. The summed E-state index contributed by atoms with van der Waals surface area (Å²) in [6, 6.07) is 8.21. The standard InChI is InChI=1S/C27H37N5O4/c1-15(2)11-21-19(12-28)23(18-9-7-16(3)8-10-18)20(17(4)30-21)14-36-25-24(26(34)35)27(5,6)32(31-25)13-22(29)33/h7-10,15,31H,11-14,28H2,1-6H3,(H2,29,33)(H,34,35). The minimum Gasteiger partial charge on any atom is -0.478 e. The topological polar surface area (TPSA) is 144 Å². The van der Waals surface area contributed by atoms with Crippen LogP contribution in [0.25, 0.3) is 11.1 Å². The number of ether oxygens (including phenoxy) is 1. The number of nitrogens with zero attached hydrogens (tertiary/aromatic N) is 2. The summed E-state index contributed by atoms with van der Waals surface area (Å²) in [6.07, 6.45) is 0.791. The third kappa shape index (κ3) is 5.52. The van der Waals surface area contributed by atoms with E-state index in [1.165, 1.54) is 5.01 Å². The molecule has 2 aromatic rings. The average molecular weight is 496 g/mol. The number of pyridine rings is 1. The second-order valence-corrected chi connectivity index (χ2v) is 10.2. The van der Waals surface area contributed by atoms with Gasteiger partial charge in [0.25, 0.3) is 0 Å². The van der Waals surface area contributed by atoms with Gasteiger partial charge in [0.15, 0.2) is 0 Å². The Hall–Kier alpha value is -3.43. The monoisotopic (exact) mass is 495 g/mol. The second kappa shape index (κ2) is 10.7. The van der Waals surface area contributed by atoms with E-state index >= 15 is 0 Å². The van der Waals surface area contributed by atoms with Gasteiger partial charge in [-0.15, -0.1) is 0 Å². The highest BCUT2D eigenvalue weighted by Crippen LogP contribution is 2.35. The molecule has 0 unspecified atom stereocenters. The van der Waals surface area contributed by atoms with Crippen LogP contribution in [0.15, 0.2) is 35.7 Å². The number of rotatable bonds is 10. The van der Waals surface area contributed by atoms with Crippen molar-refractivity contribution < 1.29 is 19.4 Å². The number of hydrogen-bond acceptors (Lipinski definition) is 7. The molecule has 0 radical (unpaired) electrons. The van der Waals surface area contributed by atoms with Crippen molar-refractivity contribution in [2.45, 2.75) is 66.7 Å². The lowest BCUT2D eigenvalue weighted by Gasteiger charge is -2.30. The number of aromatic nitrogens is 1. The molecule has 0 bridgehead atoms. The maximum Gasteiger partial charge on any atom is 0.339 e. The van der Waals surface area contributed by atoms with Crippen LogP contribution in [0, 0.1) is 19.8 Å². The molecule has 0 atom stereocenters. The van der Waals surface area contributed by atoms with E-state index in [9.17, 15) is 14.7 Å². The zero-order valence-electron chi connectivity index (χ0n) is 21.9. The Kier molecular flexibility index (Phi) is 8.05. The molecule has 2 heterocycles. The number of benzene rings is 1. The van der Waals surface area contributed by atoms with Crippen LogP contribution in [0.2, 0.25) is 0 Å². The van der Waals surface area contributed by atoms with Crippen molar-refractivity contribution in [3.63, 3.8) is 0 Å². The van der Waals surface area contributed by atoms with E-state index < -0.39 is 17.4 Å². The number of hydrogen-bond donors (Lipinski definition) is 4. The van der Waals surface area contributed by atoms with Crippen LogP contribution < -0.4 is 16.9 Å². The fraction of sp³-hybridized carbons (Fsp3) is 0.444. The number of carbonyl (C=O) groups excluding carboxylic acids is 1. The fourth-order valence-electron chi connectivity index (χ4n) is 4.60. The largest absolute Gasteiger partial charge is 0.478 e. The maximum atomic E-state index is 12.2. The summed E-state index contributed by atoms with van der Waals surface area (Å²) in [5, 5.41) is 11.4. The van der Waals surface area contributed by atoms with Gasteiger partial charge in [-0.2, -0.15) is 0 Å². The van der Waals surface area contributed by atoms with Gasteiger partial charge in [-0.25, -0.2) is 9.80 Å². The first kappa shape index (κ1) is 27.2. The molecule has 1 aliphatic heterocycles. The lowest BCUT2D eigenvalue weighted by atomic mass is 9.90. The number of hydrazine groups is 1. The third-order valence-electron chi connectivity index (χ3n) is 6.48. The van der Waals surface area contributed by atoms with Crippen LogP contribution in [0.1, 0.15) is 55.8 Å². The first-order valence-corrected chi connectivity index (χ1v) is 12.1. The van der Waals surface area contributed by atoms with E-state index in [2.05, 4.69) is 31.4 Å². The molecule has 1 aromatic carbocycles. The Balaban J connectivity index is 2.10. The number of carboxylic acid groups (broad SMARTS) is 1. The van der Waals surface area contributed by atoms with E-state index in [1.54, 1.807) is 13.8 Å². The first-order valence-electron chi connectivity index (χ1n) is 12.1. The van der Waals surface area contributed by atoms with Crippen molar-refractivity contribution in [3.8, 4) is 11.1 Å². The molecule has 3 rings (SSSR count). The Bertz CT molecular complexity index is 1190. The van der Waals surface area contributed by atoms with Gasteiger partial charge in [-0.05, 0) is 56.7 Å². The number of carbonyl (C=O) groups is 2. The third-order valence-corrected chi connectivity index (χ3v) is 6.48. The molecule has 9 nitrogen and oxygen atoms in total. The van der Waals surface area contributed by atoms with Crippen molar-refractivity contribution in [1.82, 2.24) is 15.4 Å². The van der Waals surface area contributed by atoms with E-state index in [-0.39, 0.29) is 24.6 Å². The lowest BCUT2D eigenvalue weighted by molar-refractivity contribution is -0.134. The molecule has 9 heteroatoms. The predicted octanol–water partition coefficient (Wildman–Crippen LogP) is 2.92. The molecular formula is C27H37N5O4. The molecule has 0 aliphatic carbocycles. The summed E-state index contributed by atoms with van der Waals surface area (Å²) in [5.74, 6) is -1.25. The molecule has 1 amide bonds. The molecule has 0 fully saturated rings. The molecule has 0 saturated heterocycles. The smallest absolute Gasteiger partial charge is 0.339 e. The number of primary amides is 1. The van der Waals surface area contributed by atoms with Crippen LogP contribution in [-0.2, 0) is 33.9 Å². The molecule has 36 heavy (non-hydrogen) atoms. The van der Waals surface area contributed by atoms with E-state index in [4.69, 9.17) is 21.2 Å². The van der Waals surface area contributed by atoms with Gasteiger partial charge in [0.05, 0.1) is 12.1 Å². The van der Waals surface area contributed by atoms with Crippen molar-refractivity contribution in [2.75, 3.05) is 6.54 Å².